The molecule has 1 atom stereocenters. The highest BCUT2D eigenvalue weighted by molar-refractivity contribution is 5.97. The molecule has 2 aromatic heterocycles. The number of carbonyl (C=O) groups is 1. The van der Waals surface area contributed by atoms with Crippen molar-refractivity contribution in [1.29, 1.82) is 0 Å². The third kappa shape index (κ3) is 7.25. The first kappa shape index (κ1) is 30.3. The summed E-state index contributed by atoms with van der Waals surface area (Å²) in [6.07, 6.45) is 10.5. The highest BCUT2D eigenvalue weighted by atomic mass is 16.5. The van der Waals surface area contributed by atoms with Crippen molar-refractivity contribution in [2.24, 2.45) is 0 Å². The molecule has 0 saturated carbocycles. The summed E-state index contributed by atoms with van der Waals surface area (Å²) in [5, 5.41) is 3.18. The maximum absolute atomic E-state index is 13.1. The molecule has 1 aliphatic heterocycles. The highest BCUT2D eigenvalue weighted by Gasteiger charge is 2.28. The Bertz CT molecular complexity index is 1470. The number of methoxy groups -OCH3 is 1. The van der Waals surface area contributed by atoms with E-state index in [4.69, 9.17) is 4.74 Å². The number of carbonyl (C=O) groups excluding carboxylic acids is 1. The van der Waals surface area contributed by atoms with Crippen LogP contribution < -0.4 is 15.0 Å². The van der Waals surface area contributed by atoms with Crippen LogP contribution in [0.15, 0.2) is 67.3 Å². The molecule has 2 aromatic carbocycles. The van der Waals surface area contributed by atoms with Gasteiger partial charge in [0.1, 0.15) is 11.6 Å². The Hall–Kier alpha value is -4.17. The molecule has 1 fully saturated rings. The average molecular weight is 581 g/mol. The molecular formula is C35H44N6O2. The molecule has 43 heavy (non-hydrogen) atoms. The van der Waals surface area contributed by atoms with Gasteiger partial charge in [0.25, 0.3) is 5.91 Å². The molecule has 1 saturated heterocycles. The van der Waals surface area contributed by atoms with Gasteiger partial charge in [-0.2, -0.15) is 0 Å². The maximum atomic E-state index is 13.1. The SMILES string of the molecule is COc1ccc(N(Cc2cnccc2C)C2CCN(C(C)CCNC(=O)c3c(C)cc(-c4ncc[nH]4)cc3C)CC2)cc1. The van der Waals surface area contributed by atoms with Gasteiger partial charge in [-0.05, 0) is 112 Å². The van der Waals surface area contributed by atoms with E-state index in [2.05, 4.69) is 62.1 Å². The topological polar surface area (TPSA) is 86.4 Å². The average Bonchev–Trinajstić information content (AvgIpc) is 3.56. The number of aromatic amines is 1. The number of anilines is 1. The zero-order valence-electron chi connectivity index (χ0n) is 26.1. The van der Waals surface area contributed by atoms with Gasteiger partial charge in [-0.15, -0.1) is 0 Å². The first-order valence-electron chi connectivity index (χ1n) is 15.3. The van der Waals surface area contributed by atoms with Gasteiger partial charge in [0.2, 0.25) is 0 Å². The van der Waals surface area contributed by atoms with Crippen LogP contribution in [0.3, 0.4) is 0 Å². The number of pyridine rings is 1. The van der Waals surface area contributed by atoms with Gasteiger partial charge in [-0.25, -0.2) is 4.98 Å². The maximum Gasteiger partial charge on any atom is 0.251 e. The van der Waals surface area contributed by atoms with E-state index in [0.29, 0.717) is 18.6 Å². The molecule has 3 heterocycles. The molecule has 0 aliphatic carbocycles. The van der Waals surface area contributed by atoms with Crippen molar-refractivity contribution < 1.29 is 9.53 Å². The number of likely N-dealkylation sites (tertiary alicyclic amines) is 1. The minimum atomic E-state index is -0.00673. The summed E-state index contributed by atoms with van der Waals surface area (Å²) >= 11 is 0. The number of H-pyrrole nitrogens is 1. The number of hydrogen-bond donors (Lipinski definition) is 2. The Kier molecular flexibility index (Phi) is 9.77. The number of benzene rings is 2. The Labute approximate surface area is 255 Å². The molecule has 1 aliphatic rings. The molecule has 0 bridgehead atoms. The lowest BCUT2D eigenvalue weighted by Crippen LogP contribution is -2.48. The predicted molar refractivity (Wildman–Crippen MR) is 173 cm³/mol. The Morgan fingerprint density at radius 2 is 1.79 bits per heavy atom. The number of ether oxygens (including phenoxy) is 1. The molecule has 0 spiro atoms. The third-order valence-electron chi connectivity index (χ3n) is 8.83. The zero-order chi connectivity index (χ0) is 30.3. The molecule has 1 unspecified atom stereocenters. The van der Waals surface area contributed by atoms with Gasteiger partial charge < -0.3 is 24.8 Å². The summed E-state index contributed by atoms with van der Waals surface area (Å²) in [7, 11) is 1.70. The fourth-order valence-corrected chi connectivity index (χ4v) is 6.24. The second-order valence-corrected chi connectivity index (χ2v) is 11.7. The Morgan fingerprint density at radius 3 is 2.42 bits per heavy atom. The number of piperidine rings is 1. The first-order valence-corrected chi connectivity index (χ1v) is 15.3. The van der Waals surface area contributed by atoms with Gasteiger partial charge in [-0.1, -0.05) is 0 Å². The van der Waals surface area contributed by atoms with Gasteiger partial charge in [0, 0.05) is 79.9 Å². The molecule has 1 amide bonds. The summed E-state index contributed by atoms with van der Waals surface area (Å²) in [4.78, 5) is 30.1. The van der Waals surface area contributed by atoms with Crippen LogP contribution in [0.5, 0.6) is 5.75 Å². The van der Waals surface area contributed by atoms with E-state index in [0.717, 1.165) is 72.7 Å². The van der Waals surface area contributed by atoms with Crippen LogP contribution in [0.25, 0.3) is 11.4 Å². The van der Waals surface area contributed by atoms with E-state index in [9.17, 15) is 4.79 Å². The van der Waals surface area contributed by atoms with Crippen molar-refractivity contribution in [2.45, 2.75) is 65.6 Å². The van der Waals surface area contributed by atoms with Gasteiger partial charge in [0.15, 0.2) is 0 Å². The number of imidazole rings is 1. The molecule has 4 aromatic rings. The van der Waals surface area contributed by atoms with E-state index in [-0.39, 0.29) is 5.91 Å². The third-order valence-corrected chi connectivity index (χ3v) is 8.83. The largest absolute Gasteiger partial charge is 0.497 e. The van der Waals surface area contributed by atoms with E-state index in [1.807, 2.05) is 56.7 Å². The second kappa shape index (κ2) is 13.9. The van der Waals surface area contributed by atoms with Crippen LogP contribution in [0, 0.1) is 20.8 Å². The van der Waals surface area contributed by atoms with Crippen molar-refractivity contribution in [1.82, 2.24) is 25.2 Å². The van der Waals surface area contributed by atoms with Crippen LogP contribution in [0.1, 0.15) is 58.8 Å². The van der Waals surface area contributed by atoms with E-state index < -0.39 is 0 Å². The standard InChI is InChI=1S/C35H44N6O2/c1-24-10-14-36-22-29(24)23-41(30-6-8-32(43-5)9-7-30)31-12-18-40(19-13-31)27(4)11-15-39-35(42)33-25(2)20-28(21-26(33)3)34-37-16-17-38-34/h6-10,14,16-17,20-22,27,31H,11-13,15,18-19,23H2,1-5H3,(H,37,38)(H,39,42). The number of rotatable bonds is 11. The van der Waals surface area contributed by atoms with Crippen molar-refractivity contribution in [3.8, 4) is 17.1 Å². The monoisotopic (exact) mass is 580 g/mol. The lowest BCUT2D eigenvalue weighted by molar-refractivity contribution is 0.0944. The quantitative estimate of drug-likeness (QED) is 0.224. The normalized spacial score (nSPS) is 14.8. The number of aromatic nitrogens is 3. The summed E-state index contributed by atoms with van der Waals surface area (Å²) in [6, 6.07) is 15.4. The van der Waals surface area contributed by atoms with Crippen molar-refractivity contribution in [3.63, 3.8) is 0 Å². The highest BCUT2D eigenvalue weighted by Crippen LogP contribution is 2.29. The lowest BCUT2D eigenvalue weighted by atomic mass is 9.98. The molecule has 8 heteroatoms. The number of aryl methyl sites for hydroxylation is 3. The molecule has 2 N–H and O–H groups in total. The fourth-order valence-electron chi connectivity index (χ4n) is 6.24. The summed E-state index contributed by atoms with van der Waals surface area (Å²) in [6.45, 7) is 12.0. The van der Waals surface area contributed by atoms with Crippen molar-refractivity contribution in [2.75, 3.05) is 31.6 Å². The summed E-state index contributed by atoms with van der Waals surface area (Å²) in [5.41, 5.74) is 7.40. The molecule has 8 nitrogen and oxygen atoms in total. The first-order chi connectivity index (χ1) is 20.8. The minimum Gasteiger partial charge on any atom is -0.497 e. The van der Waals surface area contributed by atoms with Gasteiger partial charge >= 0.3 is 0 Å². The van der Waals surface area contributed by atoms with E-state index >= 15 is 0 Å². The number of amides is 1. The lowest BCUT2D eigenvalue weighted by Gasteiger charge is -2.42. The molecular weight excluding hydrogens is 536 g/mol. The fraction of sp³-hybridized carbons (Fsp3) is 0.400. The zero-order valence-corrected chi connectivity index (χ0v) is 26.1. The van der Waals surface area contributed by atoms with E-state index in [1.54, 1.807) is 13.3 Å². The summed E-state index contributed by atoms with van der Waals surface area (Å²) < 4.78 is 5.41. The van der Waals surface area contributed by atoms with Crippen molar-refractivity contribution >= 4 is 11.6 Å². The second-order valence-electron chi connectivity index (χ2n) is 11.7. The van der Waals surface area contributed by atoms with Crippen molar-refractivity contribution in [3.05, 3.63) is 95.1 Å². The van der Waals surface area contributed by atoms with E-state index in [1.165, 1.54) is 16.8 Å². The van der Waals surface area contributed by atoms with Gasteiger partial charge in [0.05, 0.1) is 7.11 Å². The Balaban J connectivity index is 1.16. The molecule has 5 rings (SSSR count). The number of hydrogen-bond acceptors (Lipinski definition) is 6. The number of nitrogens with zero attached hydrogens (tertiary/aromatic N) is 4. The summed E-state index contributed by atoms with van der Waals surface area (Å²) in [5.74, 6) is 1.68. The van der Waals surface area contributed by atoms with Crippen LogP contribution in [0.4, 0.5) is 5.69 Å². The van der Waals surface area contributed by atoms with Crippen LogP contribution >= 0.6 is 0 Å². The van der Waals surface area contributed by atoms with Gasteiger partial charge in [-0.3, -0.25) is 9.78 Å². The van der Waals surface area contributed by atoms with Crippen LogP contribution in [-0.4, -0.2) is 64.6 Å². The Morgan fingerprint density at radius 1 is 1.07 bits per heavy atom. The predicted octanol–water partition coefficient (Wildman–Crippen LogP) is 6.09. The smallest absolute Gasteiger partial charge is 0.251 e. The molecule has 0 radical (unpaired) electrons. The molecule has 226 valence electrons. The minimum absolute atomic E-state index is 0.00673. The van der Waals surface area contributed by atoms with Crippen LogP contribution in [0.2, 0.25) is 0 Å². The number of nitrogens with one attached hydrogen (secondary N) is 2. The van der Waals surface area contributed by atoms with Crippen LogP contribution in [-0.2, 0) is 6.54 Å².